The Labute approximate surface area is 395 Å². The summed E-state index contributed by atoms with van der Waals surface area (Å²) in [5, 5.41) is 4.90. The minimum absolute atomic E-state index is 0.159. The first-order valence-corrected chi connectivity index (χ1v) is 24.2. The van der Waals surface area contributed by atoms with Crippen molar-refractivity contribution in [3.8, 4) is 33.4 Å². The normalized spacial score (nSPS) is 14.2. The lowest BCUT2D eigenvalue weighted by Crippen LogP contribution is -2.17. The van der Waals surface area contributed by atoms with Gasteiger partial charge in [-0.2, -0.15) is 0 Å². The fourth-order valence-corrected chi connectivity index (χ4v) is 11.4. The highest BCUT2D eigenvalue weighted by Gasteiger charge is 2.36. The molecule has 324 valence electrons. The number of hydrogen-bond donors (Lipinski definition) is 0. The van der Waals surface area contributed by atoms with E-state index in [4.69, 9.17) is 0 Å². The molecule has 12 rings (SSSR count). The smallest absolute Gasteiger partial charge is 0.0488 e. The van der Waals surface area contributed by atoms with Crippen LogP contribution in [0, 0.1) is 0 Å². The summed E-state index contributed by atoms with van der Waals surface area (Å²) >= 11 is 0. The van der Waals surface area contributed by atoms with Crippen molar-refractivity contribution < 1.29 is 0 Å². The molecule has 2 aliphatic carbocycles. The van der Waals surface area contributed by atoms with Crippen molar-refractivity contribution in [2.45, 2.75) is 57.3 Å². The maximum atomic E-state index is 2.50. The molecule has 0 saturated heterocycles. The van der Waals surface area contributed by atoms with E-state index in [-0.39, 0.29) is 5.41 Å². The molecule has 0 spiro atoms. The molecule has 0 aromatic heterocycles. The number of nitrogens with zero attached hydrogens (tertiary/aromatic N) is 2. The van der Waals surface area contributed by atoms with Gasteiger partial charge in [0.1, 0.15) is 0 Å². The van der Waals surface area contributed by atoms with Gasteiger partial charge in [0, 0.05) is 39.5 Å². The molecule has 0 atom stereocenters. The van der Waals surface area contributed by atoms with Crippen molar-refractivity contribution in [2.75, 3.05) is 9.80 Å². The van der Waals surface area contributed by atoms with Crippen LogP contribution in [0.5, 0.6) is 0 Å². The summed E-state index contributed by atoms with van der Waals surface area (Å²) in [6.07, 6.45) is 6.55. The second-order valence-electron chi connectivity index (χ2n) is 19.2. The number of anilines is 6. The Balaban J connectivity index is 1.13. The Morgan fingerprint density at radius 2 is 0.910 bits per heavy atom. The van der Waals surface area contributed by atoms with Crippen LogP contribution in [0.1, 0.15) is 68.6 Å². The summed E-state index contributed by atoms with van der Waals surface area (Å²) < 4.78 is 0. The van der Waals surface area contributed by atoms with Crippen LogP contribution >= 0.6 is 0 Å². The Bertz CT molecular complexity index is 3420. The van der Waals surface area contributed by atoms with Gasteiger partial charge in [-0.25, -0.2) is 0 Å². The second-order valence-corrected chi connectivity index (χ2v) is 19.2. The van der Waals surface area contributed by atoms with Crippen molar-refractivity contribution in [3.05, 3.63) is 241 Å². The van der Waals surface area contributed by atoms with Crippen LogP contribution in [0.3, 0.4) is 0 Å². The van der Waals surface area contributed by atoms with Crippen molar-refractivity contribution in [2.24, 2.45) is 0 Å². The third kappa shape index (κ3) is 7.38. The van der Waals surface area contributed by atoms with Gasteiger partial charge >= 0.3 is 0 Å². The lowest BCUT2D eigenvalue weighted by atomic mass is 9.82. The number of hydrogen-bond acceptors (Lipinski definition) is 2. The molecular formula is C65H54N2. The van der Waals surface area contributed by atoms with Gasteiger partial charge < -0.3 is 9.80 Å². The van der Waals surface area contributed by atoms with E-state index < -0.39 is 0 Å². The first-order valence-electron chi connectivity index (χ1n) is 24.2. The fourth-order valence-electron chi connectivity index (χ4n) is 11.4. The zero-order valence-corrected chi connectivity index (χ0v) is 38.4. The summed E-state index contributed by atoms with van der Waals surface area (Å²) in [6.45, 7) is 4.76. The third-order valence-electron chi connectivity index (χ3n) is 14.8. The second kappa shape index (κ2) is 17.0. The largest absolute Gasteiger partial charge is 0.310 e. The highest BCUT2D eigenvalue weighted by Crippen LogP contribution is 2.52. The molecule has 2 nitrogen and oxygen atoms in total. The van der Waals surface area contributed by atoms with E-state index in [0.717, 1.165) is 39.7 Å². The van der Waals surface area contributed by atoms with E-state index in [1.54, 1.807) is 0 Å². The summed E-state index contributed by atoms with van der Waals surface area (Å²) in [5.41, 5.74) is 18.1. The molecule has 0 aliphatic heterocycles. The molecule has 2 aliphatic rings. The van der Waals surface area contributed by atoms with Crippen LogP contribution in [-0.4, -0.2) is 0 Å². The quantitative estimate of drug-likeness (QED) is 0.143. The molecule has 0 heterocycles. The number of benzene rings is 10. The van der Waals surface area contributed by atoms with Crippen molar-refractivity contribution in [3.63, 3.8) is 0 Å². The van der Waals surface area contributed by atoms with Gasteiger partial charge in [-0.1, -0.05) is 191 Å². The highest BCUT2D eigenvalue weighted by molar-refractivity contribution is 6.05. The molecule has 0 radical (unpaired) electrons. The molecule has 0 unspecified atom stereocenters. The first-order chi connectivity index (χ1) is 33.0. The Morgan fingerprint density at radius 1 is 0.358 bits per heavy atom. The average Bonchev–Trinajstić information content (AvgIpc) is 3.62. The van der Waals surface area contributed by atoms with E-state index in [1.165, 1.54) is 98.2 Å². The van der Waals surface area contributed by atoms with Gasteiger partial charge in [0.25, 0.3) is 0 Å². The molecular weight excluding hydrogens is 809 g/mol. The molecule has 0 N–H and O–H groups in total. The number of fused-ring (bicyclic) bond motifs is 5. The van der Waals surface area contributed by atoms with Crippen molar-refractivity contribution in [1.82, 2.24) is 0 Å². The van der Waals surface area contributed by atoms with Crippen molar-refractivity contribution >= 4 is 55.7 Å². The molecule has 1 saturated carbocycles. The van der Waals surface area contributed by atoms with E-state index in [9.17, 15) is 0 Å². The van der Waals surface area contributed by atoms with Crippen LogP contribution in [0.25, 0.3) is 54.9 Å². The van der Waals surface area contributed by atoms with Crippen LogP contribution in [0.4, 0.5) is 34.1 Å². The molecule has 1 fully saturated rings. The summed E-state index contributed by atoms with van der Waals surface area (Å²) in [5.74, 6) is 0.632. The van der Waals surface area contributed by atoms with Crippen LogP contribution in [-0.2, 0) is 5.41 Å². The standard InChI is InChI=1S/C65H54N2/c1-65(2)62-29-17-16-28-60(62)61-39-37-55(44-63(61)65)67(54-36-32-46-20-12-13-24-50(46)40-54)57-42-51(59-38-33-48-21-14-15-27-58(48)64(59)49-22-8-4-9-23-49)41-56(43-57)66(52-25-10-5-11-26-52)53-34-30-47(31-35-53)45-18-6-3-7-19-45/h4-5,8-17,20-45H,3,6-7,18-19H2,1-2H3. The van der Waals surface area contributed by atoms with Gasteiger partial charge in [0.05, 0.1) is 0 Å². The van der Waals surface area contributed by atoms with Gasteiger partial charge in [-0.3, -0.25) is 0 Å². The average molecular weight is 863 g/mol. The number of rotatable bonds is 9. The van der Waals surface area contributed by atoms with Crippen LogP contribution < -0.4 is 9.80 Å². The molecule has 0 amide bonds. The highest BCUT2D eigenvalue weighted by atomic mass is 15.2. The van der Waals surface area contributed by atoms with E-state index in [1.807, 2.05) is 0 Å². The molecule has 2 heteroatoms. The maximum absolute atomic E-state index is 2.50. The topological polar surface area (TPSA) is 6.48 Å². The van der Waals surface area contributed by atoms with Crippen LogP contribution in [0.2, 0.25) is 0 Å². The maximum Gasteiger partial charge on any atom is 0.0488 e. The Kier molecular flexibility index (Phi) is 10.3. The molecule has 10 aromatic rings. The molecule has 67 heavy (non-hydrogen) atoms. The van der Waals surface area contributed by atoms with Gasteiger partial charge in [-0.15, -0.1) is 0 Å². The zero-order chi connectivity index (χ0) is 44.9. The predicted octanol–water partition coefficient (Wildman–Crippen LogP) is 18.6. The zero-order valence-electron chi connectivity index (χ0n) is 38.4. The van der Waals surface area contributed by atoms with Crippen molar-refractivity contribution in [1.29, 1.82) is 0 Å². The third-order valence-corrected chi connectivity index (χ3v) is 14.8. The predicted molar refractivity (Wildman–Crippen MR) is 285 cm³/mol. The van der Waals surface area contributed by atoms with E-state index in [0.29, 0.717) is 5.92 Å². The number of para-hydroxylation sites is 1. The van der Waals surface area contributed by atoms with Gasteiger partial charge in [0.2, 0.25) is 0 Å². The Hall–Kier alpha value is -7.68. The van der Waals surface area contributed by atoms with E-state index >= 15 is 0 Å². The minimum Gasteiger partial charge on any atom is -0.310 e. The van der Waals surface area contributed by atoms with Crippen LogP contribution in [0.15, 0.2) is 224 Å². The first kappa shape index (κ1) is 40.8. The molecule has 10 aromatic carbocycles. The summed E-state index contributed by atoms with van der Waals surface area (Å²) in [6, 6.07) is 83.8. The Morgan fingerprint density at radius 3 is 1.69 bits per heavy atom. The van der Waals surface area contributed by atoms with E-state index in [2.05, 4.69) is 248 Å². The summed E-state index contributed by atoms with van der Waals surface area (Å²) in [4.78, 5) is 4.96. The minimum atomic E-state index is -0.159. The summed E-state index contributed by atoms with van der Waals surface area (Å²) in [7, 11) is 0. The lowest BCUT2D eigenvalue weighted by molar-refractivity contribution is 0.443. The van der Waals surface area contributed by atoms with Gasteiger partial charge in [-0.05, 0) is 157 Å². The molecule has 0 bridgehead atoms. The fraction of sp³-hybridized carbons (Fsp3) is 0.138. The monoisotopic (exact) mass is 862 g/mol. The SMILES string of the molecule is CC1(C)c2ccccc2-c2ccc(N(c3cc(-c4ccc5ccccc5c4-c4ccccc4)cc(N(c4ccccc4)c4ccc(C5CCCCC5)cc4)c3)c3ccc4ccccc4c3)cc21. The lowest BCUT2D eigenvalue weighted by Gasteiger charge is -2.32. The van der Waals surface area contributed by atoms with Gasteiger partial charge in [0.15, 0.2) is 0 Å².